The number of nitrogens with one attached hydrogen (secondary N) is 1. The molecule has 2 atom stereocenters. The molecule has 1 fully saturated rings. The molecule has 0 radical (unpaired) electrons. The first kappa shape index (κ1) is 12.6. The SMILES string of the molecule is CSC1CCC(Nc2cc(Cl)ccc2C#N)C1. The number of hydrogen-bond donors (Lipinski definition) is 1. The molecule has 0 saturated heterocycles. The molecule has 1 N–H and O–H groups in total. The second-order valence-electron chi connectivity index (χ2n) is 4.31. The van der Waals surface area contributed by atoms with Crippen LogP contribution >= 0.6 is 23.4 Å². The molecule has 2 nitrogen and oxygen atoms in total. The lowest BCUT2D eigenvalue weighted by Gasteiger charge is -2.15. The second-order valence-corrected chi connectivity index (χ2v) is 5.89. The third kappa shape index (κ3) is 3.08. The Hall–Kier alpha value is -0.850. The summed E-state index contributed by atoms with van der Waals surface area (Å²) < 4.78 is 0. The molecule has 1 aromatic rings. The minimum atomic E-state index is 0.470. The van der Waals surface area contributed by atoms with Crippen molar-refractivity contribution in [3.05, 3.63) is 28.8 Å². The van der Waals surface area contributed by atoms with Crippen molar-refractivity contribution in [2.45, 2.75) is 30.6 Å². The Morgan fingerprint density at radius 3 is 2.94 bits per heavy atom. The van der Waals surface area contributed by atoms with Crippen LogP contribution in [-0.4, -0.2) is 17.5 Å². The van der Waals surface area contributed by atoms with Crippen LogP contribution in [0.5, 0.6) is 0 Å². The highest BCUT2D eigenvalue weighted by Gasteiger charge is 2.24. The van der Waals surface area contributed by atoms with Crippen molar-refractivity contribution in [2.24, 2.45) is 0 Å². The first-order valence-corrected chi connectivity index (χ1v) is 7.38. The number of benzene rings is 1. The maximum absolute atomic E-state index is 9.04. The fourth-order valence-corrected chi connectivity index (χ4v) is 3.21. The number of nitrogens with zero attached hydrogens (tertiary/aromatic N) is 1. The van der Waals surface area contributed by atoms with Gasteiger partial charge in [-0.05, 0) is 43.7 Å². The van der Waals surface area contributed by atoms with Crippen molar-refractivity contribution in [2.75, 3.05) is 11.6 Å². The third-order valence-corrected chi connectivity index (χ3v) is 4.51. The number of thioether (sulfide) groups is 1. The average molecular weight is 267 g/mol. The molecule has 2 rings (SSSR count). The van der Waals surface area contributed by atoms with Crippen molar-refractivity contribution in [1.29, 1.82) is 5.26 Å². The van der Waals surface area contributed by atoms with E-state index in [9.17, 15) is 0 Å². The number of rotatable bonds is 3. The van der Waals surface area contributed by atoms with Gasteiger partial charge in [0.2, 0.25) is 0 Å². The second kappa shape index (κ2) is 5.66. The summed E-state index contributed by atoms with van der Waals surface area (Å²) in [6.07, 6.45) is 5.75. The lowest BCUT2D eigenvalue weighted by molar-refractivity contribution is 0.757. The van der Waals surface area contributed by atoms with Crippen molar-refractivity contribution < 1.29 is 0 Å². The summed E-state index contributed by atoms with van der Waals surface area (Å²) in [6, 6.07) is 8.03. The fourth-order valence-electron chi connectivity index (χ4n) is 2.24. The van der Waals surface area contributed by atoms with Crippen LogP contribution in [-0.2, 0) is 0 Å². The predicted octanol–water partition coefficient (Wildman–Crippen LogP) is 3.91. The van der Waals surface area contributed by atoms with Gasteiger partial charge in [-0.3, -0.25) is 0 Å². The minimum absolute atomic E-state index is 0.470. The maximum atomic E-state index is 9.04. The van der Waals surface area contributed by atoms with Gasteiger partial charge in [0.25, 0.3) is 0 Å². The molecule has 1 aliphatic carbocycles. The highest BCUT2D eigenvalue weighted by molar-refractivity contribution is 7.99. The summed E-state index contributed by atoms with van der Waals surface area (Å²) in [4.78, 5) is 0. The van der Waals surface area contributed by atoms with Gasteiger partial charge in [0.15, 0.2) is 0 Å². The van der Waals surface area contributed by atoms with Crippen LogP contribution in [0.15, 0.2) is 18.2 Å². The first-order valence-electron chi connectivity index (χ1n) is 5.72. The van der Waals surface area contributed by atoms with Crippen LogP contribution in [0, 0.1) is 11.3 Å². The zero-order valence-corrected chi connectivity index (χ0v) is 11.3. The fraction of sp³-hybridized carbons (Fsp3) is 0.462. The van der Waals surface area contributed by atoms with Crippen LogP contribution in [0.2, 0.25) is 5.02 Å². The Kier molecular flexibility index (Phi) is 4.20. The van der Waals surface area contributed by atoms with Crippen molar-refractivity contribution >= 4 is 29.1 Å². The summed E-state index contributed by atoms with van der Waals surface area (Å²) in [6.45, 7) is 0. The molecule has 0 aliphatic heterocycles. The van der Waals surface area contributed by atoms with E-state index >= 15 is 0 Å². The molecule has 17 heavy (non-hydrogen) atoms. The Bertz CT molecular complexity index is 442. The van der Waals surface area contributed by atoms with Gasteiger partial charge in [0.1, 0.15) is 6.07 Å². The van der Waals surface area contributed by atoms with Crippen LogP contribution in [0.4, 0.5) is 5.69 Å². The number of hydrogen-bond acceptors (Lipinski definition) is 3. The Labute approximate surface area is 111 Å². The van der Waals surface area contributed by atoms with E-state index in [2.05, 4.69) is 17.6 Å². The van der Waals surface area contributed by atoms with E-state index in [0.29, 0.717) is 16.6 Å². The molecule has 0 aromatic heterocycles. The van der Waals surface area contributed by atoms with Gasteiger partial charge in [0, 0.05) is 16.3 Å². The molecule has 2 unspecified atom stereocenters. The standard InChI is InChI=1S/C13H15ClN2S/c1-17-12-5-4-11(7-12)16-13-6-10(14)3-2-9(13)8-15/h2-3,6,11-12,16H,4-5,7H2,1H3. The molecule has 1 aliphatic rings. The van der Waals surface area contributed by atoms with E-state index in [0.717, 1.165) is 10.9 Å². The normalized spacial score (nSPS) is 23.4. The molecule has 0 spiro atoms. The van der Waals surface area contributed by atoms with Crippen LogP contribution in [0.3, 0.4) is 0 Å². The van der Waals surface area contributed by atoms with E-state index < -0.39 is 0 Å². The Balaban J connectivity index is 2.09. The summed E-state index contributed by atoms with van der Waals surface area (Å²) in [5.74, 6) is 0. The van der Waals surface area contributed by atoms with Crippen molar-refractivity contribution in [1.82, 2.24) is 0 Å². The summed E-state index contributed by atoms with van der Waals surface area (Å²) in [7, 11) is 0. The van der Waals surface area contributed by atoms with E-state index in [4.69, 9.17) is 16.9 Å². The zero-order chi connectivity index (χ0) is 12.3. The van der Waals surface area contributed by atoms with Crippen LogP contribution < -0.4 is 5.32 Å². The van der Waals surface area contributed by atoms with Gasteiger partial charge < -0.3 is 5.32 Å². The summed E-state index contributed by atoms with van der Waals surface area (Å²) >= 11 is 7.89. The highest BCUT2D eigenvalue weighted by atomic mass is 35.5. The van der Waals surface area contributed by atoms with Gasteiger partial charge in [-0.15, -0.1) is 0 Å². The maximum Gasteiger partial charge on any atom is 0.101 e. The summed E-state index contributed by atoms with van der Waals surface area (Å²) in [5.41, 5.74) is 1.54. The van der Waals surface area contributed by atoms with Crippen LogP contribution in [0.1, 0.15) is 24.8 Å². The lowest BCUT2D eigenvalue weighted by Crippen LogP contribution is -2.16. The van der Waals surface area contributed by atoms with Gasteiger partial charge in [-0.25, -0.2) is 0 Å². The van der Waals surface area contributed by atoms with Crippen molar-refractivity contribution in [3.8, 4) is 6.07 Å². The largest absolute Gasteiger partial charge is 0.381 e. The zero-order valence-electron chi connectivity index (χ0n) is 9.74. The van der Waals surface area contributed by atoms with Crippen molar-refractivity contribution in [3.63, 3.8) is 0 Å². The predicted molar refractivity (Wildman–Crippen MR) is 74.7 cm³/mol. The van der Waals surface area contributed by atoms with E-state index in [-0.39, 0.29) is 0 Å². The topological polar surface area (TPSA) is 35.8 Å². The van der Waals surface area contributed by atoms with Gasteiger partial charge in [-0.2, -0.15) is 17.0 Å². The molecular formula is C13H15ClN2S. The monoisotopic (exact) mass is 266 g/mol. The number of nitriles is 1. The highest BCUT2D eigenvalue weighted by Crippen LogP contribution is 2.31. The molecule has 90 valence electrons. The summed E-state index contributed by atoms with van der Waals surface area (Å²) in [5, 5.41) is 13.9. The van der Waals surface area contributed by atoms with Gasteiger partial charge in [-0.1, -0.05) is 11.6 Å². The molecule has 1 saturated carbocycles. The smallest absolute Gasteiger partial charge is 0.101 e. The first-order chi connectivity index (χ1) is 8.22. The minimum Gasteiger partial charge on any atom is -0.381 e. The van der Waals surface area contributed by atoms with Gasteiger partial charge in [0.05, 0.1) is 11.3 Å². The molecule has 0 heterocycles. The molecular weight excluding hydrogens is 252 g/mol. The Morgan fingerprint density at radius 2 is 2.29 bits per heavy atom. The van der Waals surface area contributed by atoms with E-state index in [1.54, 1.807) is 12.1 Å². The number of anilines is 1. The third-order valence-electron chi connectivity index (χ3n) is 3.18. The molecule has 1 aromatic carbocycles. The number of halogens is 1. The molecule has 0 amide bonds. The van der Waals surface area contributed by atoms with Crippen LogP contribution in [0.25, 0.3) is 0 Å². The van der Waals surface area contributed by atoms with E-state index in [1.165, 1.54) is 19.3 Å². The van der Waals surface area contributed by atoms with Gasteiger partial charge >= 0.3 is 0 Å². The Morgan fingerprint density at radius 1 is 1.47 bits per heavy atom. The lowest BCUT2D eigenvalue weighted by atomic mass is 10.1. The average Bonchev–Trinajstić information content (AvgIpc) is 2.77. The van der Waals surface area contributed by atoms with E-state index in [1.807, 2.05) is 17.8 Å². The quantitative estimate of drug-likeness (QED) is 0.901. The molecule has 4 heteroatoms. The molecule has 0 bridgehead atoms.